The van der Waals surface area contributed by atoms with Crippen LogP contribution in [0.3, 0.4) is 0 Å². The van der Waals surface area contributed by atoms with E-state index in [2.05, 4.69) is 15.5 Å². The minimum absolute atomic E-state index is 0.571. The smallest absolute Gasteiger partial charge is 0.203 e. The highest BCUT2D eigenvalue weighted by Gasteiger charge is 2.08. The number of para-hydroxylation sites is 1. The number of hydrogen-bond acceptors (Lipinski definition) is 6. The van der Waals surface area contributed by atoms with Crippen LogP contribution in [0.15, 0.2) is 34.9 Å². The molecule has 1 aromatic carbocycles. The Morgan fingerprint density at radius 1 is 1.47 bits per heavy atom. The number of thiazole rings is 1. The Morgan fingerprint density at radius 3 is 3.05 bits per heavy atom. The number of nitrogens with one attached hydrogen (secondary N) is 1. The van der Waals surface area contributed by atoms with Crippen molar-refractivity contribution < 1.29 is 9.47 Å². The van der Waals surface area contributed by atoms with E-state index in [1.54, 1.807) is 19.5 Å². The van der Waals surface area contributed by atoms with Gasteiger partial charge in [-0.25, -0.2) is 4.98 Å². The molecule has 0 aliphatic rings. The third-order valence-electron chi connectivity index (χ3n) is 2.31. The Kier molecular flexibility index (Phi) is 4.74. The molecule has 2 aromatic rings. The van der Waals surface area contributed by atoms with Gasteiger partial charge < -0.3 is 9.47 Å². The SMILES string of the molecule is CCOc1c(/C=N/Nc2nccs2)cccc1OC. The van der Waals surface area contributed by atoms with Crippen molar-refractivity contribution in [2.24, 2.45) is 5.10 Å². The molecule has 0 saturated heterocycles. The van der Waals surface area contributed by atoms with Crippen molar-refractivity contribution in [2.45, 2.75) is 6.92 Å². The number of methoxy groups -OCH3 is 1. The van der Waals surface area contributed by atoms with Gasteiger partial charge in [0.25, 0.3) is 0 Å². The van der Waals surface area contributed by atoms with Gasteiger partial charge in [-0.2, -0.15) is 5.10 Å². The molecule has 0 bridgehead atoms. The first kappa shape index (κ1) is 13.4. The maximum Gasteiger partial charge on any atom is 0.203 e. The lowest BCUT2D eigenvalue weighted by molar-refractivity contribution is 0.310. The summed E-state index contributed by atoms with van der Waals surface area (Å²) in [5, 5.41) is 6.77. The first-order chi connectivity index (χ1) is 9.35. The molecule has 0 aliphatic carbocycles. The second-order valence-electron chi connectivity index (χ2n) is 3.52. The highest BCUT2D eigenvalue weighted by Crippen LogP contribution is 2.29. The normalized spacial score (nSPS) is 10.6. The number of hydrazone groups is 1. The highest BCUT2D eigenvalue weighted by molar-refractivity contribution is 7.13. The monoisotopic (exact) mass is 277 g/mol. The van der Waals surface area contributed by atoms with Crippen LogP contribution in [0.5, 0.6) is 11.5 Å². The predicted octanol–water partition coefficient (Wildman–Crippen LogP) is 3.00. The lowest BCUT2D eigenvalue weighted by Crippen LogP contribution is -2.00. The van der Waals surface area contributed by atoms with Gasteiger partial charge in [-0.3, -0.25) is 5.43 Å². The van der Waals surface area contributed by atoms with Gasteiger partial charge in [0, 0.05) is 17.1 Å². The number of anilines is 1. The zero-order valence-electron chi connectivity index (χ0n) is 10.8. The average Bonchev–Trinajstić information content (AvgIpc) is 2.94. The summed E-state index contributed by atoms with van der Waals surface area (Å²) in [6, 6.07) is 5.67. The third-order valence-corrected chi connectivity index (χ3v) is 2.99. The fraction of sp³-hybridized carbons (Fsp3) is 0.231. The van der Waals surface area contributed by atoms with Crippen LogP contribution in [-0.2, 0) is 0 Å². The van der Waals surface area contributed by atoms with E-state index in [0.717, 1.165) is 10.7 Å². The predicted molar refractivity (Wildman–Crippen MR) is 77.5 cm³/mol. The van der Waals surface area contributed by atoms with Crippen LogP contribution < -0.4 is 14.9 Å². The van der Waals surface area contributed by atoms with Gasteiger partial charge in [-0.1, -0.05) is 6.07 Å². The molecule has 0 radical (unpaired) electrons. The van der Waals surface area contributed by atoms with Gasteiger partial charge in [-0.05, 0) is 19.1 Å². The molecule has 100 valence electrons. The minimum Gasteiger partial charge on any atom is -0.493 e. The van der Waals surface area contributed by atoms with E-state index in [0.29, 0.717) is 18.1 Å². The van der Waals surface area contributed by atoms with E-state index < -0.39 is 0 Å². The quantitative estimate of drug-likeness (QED) is 0.651. The molecule has 0 unspecified atom stereocenters. The Labute approximate surface area is 115 Å². The maximum absolute atomic E-state index is 5.59. The summed E-state index contributed by atoms with van der Waals surface area (Å²) in [6.45, 7) is 2.50. The molecule has 6 heteroatoms. The van der Waals surface area contributed by atoms with E-state index in [-0.39, 0.29) is 0 Å². The standard InChI is InChI=1S/C13H15N3O2S/c1-3-18-12-10(5-4-6-11(12)17-2)9-15-16-13-14-7-8-19-13/h4-9H,3H2,1-2H3,(H,14,16)/b15-9+. The number of aromatic nitrogens is 1. The molecular formula is C13H15N3O2S. The summed E-state index contributed by atoms with van der Waals surface area (Å²) in [5.41, 5.74) is 3.71. The number of benzene rings is 1. The summed E-state index contributed by atoms with van der Waals surface area (Å²) in [4.78, 5) is 4.08. The van der Waals surface area contributed by atoms with Crippen molar-refractivity contribution in [3.05, 3.63) is 35.3 Å². The summed E-state index contributed by atoms with van der Waals surface area (Å²) < 4.78 is 10.9. The maximum atomic E-state index is 5.59. The lowest BCUT2D eigenvalue weighted by Gasteiger charge is -2.11. The molecule has 0 saturated carbocycles. The molecule has 5 nitrogen and oxygen atoms in total. The fourth-order valence-corrected chi connectivity index (χ4v) is 2.01. The minimum atomic E-state index is 0.571. The van der Waals surface area contributed by atoms with E-state index in [1.165, 1.54) is 11.3 Å². The van der Waals surface area contributed by atoms with Gasteiger partial charge in [0.1, 0.15) is 0 Å². The zero-order chi connectivity index (χ0) is 13.5. The summed E-state index contributed by atoms with van der Waals surface area (Å²) in [5.74, 6) is 1.39. The Balaban J connectivity index is 2.16. The Hall–Kier alpha value is -2.08. The van der Waals surface area contributed by atoms with Crippen molar-refractivity contribution in [3.63, 3.8) is 0 Å². The van der Waals surface area contributed by atoms with Crippen LogP contribution >= 0.6 is 11.3 Å². The molecule has 1 N–H and O–H groups in total. The Morgan fingerprint density at radius 2 is 2.37 bits per heavy atom. The van der Waals surface area contributed by atoms with Crippen LogP contribution in [0.25, 0.3) is 0 Å². The first-order valence-corrected chi connectivity index (χ1v) is 6.71. The molecule has 0 amide bonds. The first-order valence-electron chi connectivity index (χ1n) is 5.83. The highest BCUT2D eigenvalue weighted by atomic mass is 32.1. The largest absolute Gasteiger partial charge is 0.493 e. The van der Waals surface area contributed by atoms with Crippen LogP contribution in [-0.4, -0.2) is 24.9 Å². The number of nitrogens with zero attached hydrogens (tertiary/aromatic N) is 2. The molecule has 0 fully saturated rings. The van der Waals surface area contributed by atoms with Crippen LogP contribution in [0.1, 0.15) is 12.5 Å². The molecule has 0 aliphatic heterocycles. The van der Waals surface area contributed by atoms with E-state index in [1.807, 2.05) is 30.5 Å². The fourth-order valence-electron chi connectivity index (χ4n) is 1.53. The summed E-state index contributed by atoms with van der Waals surface area (Å²) >= 11 is 1.49. The second-order valence-corrected chi connectivity index (χ2v) is 4.41. The van der Waals surface area contributed by atoms with Crippen LogP contribution in [0.4, 0.5) is 5.13 Å². The molecule has 1 aromatic heterocycles. The van der Waals surface area contributed by atoms with Crippen molar-refractivity contribution in [1.82, 2.24) is 4.98 Å². The zero-order valence-corrected chi connectivity index (χ0v) is 11.6. The summed E-state index contributed by atoms with van der Waals surface area (Å²) in [7, 11) is 1.62. The number of ether oxygens (including phenoxy) is 2. The van der Waals surface area contributed by atoms with Crippen LogP contribution in [0.2, 0.25) is 0 Å². The van der Waals surface area contributed by atoms with Crippen molar-refractivity contribution in [1.29, 1.82) is 0 Å². The molecule has 1 heterocycles. The number of rotatable bonds is 6. The molecule has 19 heavy (non-hydrogen) atoms. The van der Waals surface area contributed by atoms with E-state index in [4.69, 9.17) is 9.47 Å². The summed E-state index contributed by atoms with van der Waals surface area (Å²) in [6.07, 6.45) is 3.41. The molecule has 0 spiro atoms. The van der Waals surface area contributed by atoms with E-state index >= 15 is 0 Å². The lowest BCUT2D eigenvalue weighted by atomic mass is 10.2. The number of hydrogen-bond donors (Lipinski definition) is 1. The second kappa shape index (κ2) is 6.75. The van der Waals surface area contributed by atoms with Gasteiger partial charge in [0.05, 0.1) is 19.9 Å². The molecule has 2 rings (SSSR count). The van der Waals surface area contributed by atoms with Gasteiger partial charge >= 0.3 is 0 Å². The Bertz CT molecular complexity index is 541. The van der Waals surface area contributed by atoms with Crippen LogP contribution in [0, 0.1) is 0 Å². The van der Waals surface area contributed by atoms with Crippen molar-refractivity contribution in [3.8, 4) is 11.5 Å². The average molecular weight is 277 g/mol. The van der Waals surface area contributed by atoms with Gasteiger partial charge in [0.2, 0.25) is 5.13 Å². The molecule has 0 atom stereocenters. The molecular weight excluding hydrogens is 262 g/mol. The van der Waals surface area contributed by atoms with Gasteiger partial charge in [-0.15, -0.1) is 11.3 Å². The third kappa shape index (κ3) is 3.45. The topological polar surface area (TPSA) is 55.7 Å². The van der Waals surface area contributed by atoms with E-state index in [9.17, 15) is 0 Å². The van der Waals surface area contributed by atoms with Crippen molar-refractivity contribution in [2.75, 3.05) is 19.1 Å². The van der Waals surface area contributed by atoms with Gasteiger partial charge in [0.15, 0.2) is 11.5 Å². The van der Waals surface area contributed by atoms with Crippen molar-refractivity contribution >= 4 is 22.7 Å².